The van der Waals surface area contributed by atoms with Gasteiger partial charge in [-0.15, -0.1) is 0 Å². The third kappa shape index (κ3) is 1.75. The molecule has 1 aromatic carbocycles. The maximum atomic E-state index is 5.23. The number of hydrogen-bond acceptors (Lipinski definition) is 3. The molecule has 0 aliphatic rings. The van der Waals surface area contributed by atoms with Crippen LogP contribution in [0.15, 0.2) is 55.4 Å². The van der Waals surface area contributed by atoms with Crippen molar-refractivity contribution in [3.63, 3.8) is 0 Å². The summed E-state index contributed by atoms with van der Waals surface area (Å²) in [4.78, 5) is 8.41. The summed E-state index contributed by atoms with van der Waals surface area (Å²) < 4.78 is 9.01. The Bertz CT molecular complexity index is 643. The molecule has 18 heavy (non-hydrogen) atoms. The fourth-order valence-corrected chi connectivity index (χ4v) is 1.83. The molecule has 3 aromatic rings. The minimum atomic E-state index is 0.813. The molecule has 0 bridgehead atoms. The highest BCUT2D eigenvalue weighted by molar-refractivity contribution is 5.58. The van der Waals surface area contributed by atoms with Gasteiger partial charge in [-0.1, -0.05) is 12.1 Å². The molecule has 0 saturated carbocycles. The van der Waals surface area contributed by atoms with E-state index in [1.54, 1.807) is 25.8 Å². The van der Waals surface area contributed by atoms with E-state index in [0.717, 1.165) is 17.1 Å². The zero-order valence-corrected chi connectivity index (χ0v) is 9.89. The number of rotatable bonds is 3. The lowest BCUT2D eigenvalue weighted by molar-refractivity contribution is 0.415. The lowest BCUT2D eigenvalue weighted by atomic mass is 10.2. The van der Waals surface area contributed by atoms with Crippen LogP contribution in [0.2, 0.25) is 0 Å². The Morgan fingerprint density at radius 1 is 1.17 bits per heavy atom. The molecule has 0 amide bonds. The van der Waals surface area contributed by atoms with Gasteiger partial charge in [0.2, 0.25) is 0 Å². The Morgan fingerprint density at radius 3 is 2.89 bits per heavy atom. The first kappa shape index (κ1) is 10.6. The molecular weight excluding hydrogens is 228 g/mol. The van der Waals surface area contributed by atoms with Gasteiger partial charge in [-0.25, -0.2) is 19.3 Å². The number of methoxy groups -OCH3 is 1. The minimum absolute atomic E-state index is 0.813. The third-order valence-corrected chi connectivity index (χ3v) is 2.69. The molecular formula is C13H12N4O. The zero-order chi connectivity index (χ0) is 12.4. The molecule has 0 radical (unpaired) electrons. The van der Waals surface area contributed by atoms with Crippen molar-refractivity contribution in [1.29, 1.82) is 0 Å². The van der Waals surface area contributed by atoms with E-state index in [9.17, 15) is 0 Å². The van der Waals surface area contributed by atoms with E-state index in [0.29, 0.717) is 0 Å². The summed E-state index contributed by atoms with van der Waals surface area (Å²) in [5.74, 6) is 1.65. The van der Waals surface area contributed by atoms with Gasteiger partial charge in [0.05, 0.1) is 7.11 Å². The fourth-order valence-electron chi connectivity index (χ4n) is 1.83. The SMILES string of the molecule is COc1cccc(-c2nccn2-n2ccnc2)c1. The van der Waals surface area contributed by atoms with Crippen LogP contribution >= 0.6 is 0 Å². The van der Waals surface area contributed by atoms with Crippen LogP contribution in [-0.4, -0.2) is 26.4 Å². The third-order valence-electron chi connectivity index (χ3n) is 2.69. The van der Waals surface area contributed by atoms with Crippen LogP contribution in [0.5, 0.6) is 5.75 Å². The first-order chi connectivity index (χ1) is 8.88. The van der Waals surface area contributed by atoms with E-state index in [1.807, 2.05) is 46.0 Å². The molecule has 3 rings (SSSR count). The number of imidazole rings is 2. The van der Waals surface area contributed by atoms with Gasteiger partial charge in [0.15, 0.2) is 5.82 Å². The highest BCUT2D eigenvalue weighted by atomic mass is 16.5. The van der Waals surface area contributed by atoms with Crippen LogP contribution < -0.4 is 4.74 Å². The molecule has 5 heteroatoms. The fraction of sp³-hybridized carbons (Fsp3) is 0.0769. The molecule has 2 aromatic heterocycles. The van der Waals surface area contributed by atoms with Gasteiger partial charge < -0.3 is 4.74 Å². The van der Waals surface area contributed by atoms with Gasteiger partial charge in [-0.05, 0) is 12.1 Å². The Balaban J connectivity index is 2.10. The lowest BCUT2D eigenvalue weighted by Crippen LogP contribution is -2.07. The summed E-state index contributed by atoms with van der Waals surface area (Å²) in [6.07, 6.45) is 8.97. The zero-order valence-electron chi connectivity index (χ0n) is 9.89. The standard InChI is InChI=1S/C13H12N4O/c1-18-12-4-2-3-11(9-12)13-15-6-8-17(13)16-7-5-14-10-16/h2-10H,1H3. The van der Waals surface area contributed by atoms with Crippen LogP contribution in [0.25, 0.3) is 11.4 Å². The van der Waals surface area contributed by atoms with Gasteiger partial charge in [0, 0.05) is 30.4 Å². The van der Waals surface area contributed by atoms with Crippen molar-refractivity contribution in [2.24, 2.45) is 0 Å². The molecule has 0 aliphatic heterocycles. The number of benzene rings is 1. The molecule has 0 N–H and O–H groups in total. The Labute approximate surface area is 104 Å². The van der Waals surface area contributed by atoms with E-state index in [1.165, 1.54) is 0 Å². The second kappa shape index (κ2) is 4.37. The van der Waals surface area contributed by atoms with Crippen molar-refractivity contribution in [3.05, 3.63) is 55.4 Å². The topological polar surface area (TPSA) is 44.9 Å². The van der Waals surface area contributed by atoms with Gasteiger partial charge in [0.25, 0.3) is 0 Å². The average Bonchev–Trinajstić information content (AvgIpc) is 3.09. The van der Waals surface area contributed by atoms with Gasteiger partial charge >= 0.3 is 0 Å². The van der Waals surface area contributed by atoms with Crippen LogP contribution in [0, 0.1) is 0 Å². The van der Waals surface area contributed by atoms with Gasteiger partial charge in [-0.3, -0.25) is 0 Å². The molecule has 0 unspecified atom stereocenters. The minimum Gasteiger partial charge on any atom is -0.497 e. The van der Waals surface area contributed by atoms with E-state index < -0.39 is 0 Å². The second-order valence-electron chi connectivity index (χ2n) is 3.77. The average molecular weight is 240 g/mol. The maximum absolute atomic E-state index is 5.23. The summed E-state index contributed by atoms with van der Waals surface area (Å²) in [5, 5.41) is 0. The number of ether oxygens (including phenoxy) is 1. The molecule has 5 nitrogen and oxygen atoms in total. The number of aromatic nitrogens is 4. The first-order valence-corrected chi connectivity index (χ1v) is 5.55. The predicted octanol–water partition coefficient (Wildman–Crippen LogP) is 2.07. The predicted molar refractivity (Wildman–Crippen MR) is 67.2 cm³/mol. The highest BCUT2D eigenvalue weighted by Gasteiger charge is 2.07. The molecule has 0 spiro atoms. The van der Waals surface area contributed by atoms with Crippen LogP contribution in [0.1, 0.15) is 0 Å². The number of nitrogens with zero attached hydrogens (tertiary/aromatic N) is 4. The molecule has 0 atom stereocenters. The van der Waals surface area contributed by atoms with Crippen LogP contribution in [0.3, 0.4) is 0 Å². The van der Waals surface area contributed by atoms with Crippen LogP contribution in [-0.2, 0) is 0 Å². The van der Waals surface area contributed by atoms with Crippen molar-refractivity contribution in [2.45, 2.75) is 0 Å². The second-order valence-corrected chi connectivity index (χ2v) is 3.77. The number of hydrogen-bond donors (Lipinski definition) is 0. The maximum Gasteiger partial charge on any atom is 0.159 e. The summed E-state index contributed by atoms with van der Waals surface area (Å²) in [6.45, 7) is 0. The normalized spacial score (nSPS) is 10.5. The molecule has 0 aliphatic carbocycles. The van der Waals surface area contributed by atoms with Gasteiger partial charge in [0.1, 0.15) is 12.1 Å². The smallest absolute Gasteiger partial charge is 0.159 e. The van der Waals surface area contributed by atoms with Crippen molar-refractivity contribution >= 4 is 0 Å². The largest absolute Gasteiger partial charge is 0.497 e. The van der Waals surface area contributed by atoms with Crippen LogP contribution in [0.4, 0.5) is 0 Å². The Hall–Kier alpha value is -2.56. The van der Waals surface area contributed by atoms with Crippen molar-refractivity contribution in [2.75, 3.05) is 7.11 Å². The summed E-state index contributed by atoms with van der Waals surface area (Å²) in [5.41, 5.74) is 0.994. The molecule has 0 saturated heterocycles. The van der Waals surface area contributed by atoms with Gasteiger partial charge in [-0.2, -0.15) is 0 Å². The van der Waals surface area contributed by atoms with E-state index in [4.69, 9.17) is 4.74 Å². The Morgan fingerprint density at radius 2 is 2.11 bits per heavy atom. The van der Waals surface area contributed by atoms with Crippen molar-refractivity contribution in [1.82, 2.24) is 19.3 Å². The summed E-state index contributed by atoms with van der Waals surface area (Å²) in [6, 6.07) is 7.81. The molecule has 2 heterocycles. The Kier molecular flexibility index (Phi) is 2.57. The van der Waals surface area contributed by atoms with Crippen molar-refractivity contribution in [3.8, 4) is 17.1 Å². The first-order valence-electron chi connectivity index (χ1n) is 5.55. The lowest BCUT2D eigenvalue weighted by Gasteiger charge is -2.09. The van der Waals surface area contributed by atoms with E-state index in [-0.39, 0.29) is 0 Å². The van der Waals surface area contributed by atoms with E-state index in [2.05, 4.69) is 9.97 Å². The van der Waals surface area contributed by atoms with Crippen molar-refractivity contribution < 1.29 is 4.74 Å². The quantitative estimate of drug-likeness (QED) is 0.704. The molecule has 90 valence electrons. The van der Waals surface area contributed by atoms with E-state index >= 15 is 0 Å². The molecule has 0 fully saturated rings. The highest BCUT2D eigenvalue weighted by Crippen LogP contribution is 2.22. The monoisotopic (exact) mass is 240 g/mol. The summed E-state index contributed by atoms with van der Waals surface area (Å²) in [7, 11) is 1.65. The summed E-state index contributed by atoms with van der Waals surface area (Å²) >= 11 is 0.